The van der Waals surface area contributed by atoms with Crippen molar-refractivity contribution in [3.8, 4) is 0 Å². The zero-order chi connectivity index (χ0) is 14.7. The molecule has 1 heterocycles. The summed E-state index contributed by atoms with van der Waals surface area (Å²) in [4.78, 5) is 2.67. The summed E-state index contributed by atoms with van der Waals surface area (Å²) >= 11 is 0. The minimum atomic E-state index is -0.135. The van der Waals surface area contributed by atoms with E-state index in [0.717, 1.165) is 24.9 Å². The molecule has 21 heavy (non-hydrogen) atoms. The second-order valence-corrected chi connectivity index (χ2v) is 6.77. The highest BCUT2D eigenvalue weighted by atomic mass is 19.1. The van der Waals surface area contributed by atoms with Gasteiger partial charge in [0.1, 0.15) is 5.82 Å². The van der Waals surface area contributed by atoms with Crippen LogP contribution in [0, 0.1) is 11.7 Å². The number of benzene rings is 1. The number of nitrogens with zero attached hydrogens (tertiary/aromatic N) is 1. The largest absolute Gasteiger partial charge is 0.329 e. The van der Waals surface area contributed by atoms with Crippen LogP contribution in [-0.2, 0) is 6.42 Å². The maximum absolute atomic E-state index is 12.9. The topological polar surface area (TPSA) is 29.3 Å². The lowest BCUT2D eigenvalue weighted by atomic mass is 9.81. The molecular formula is C18H27FN2. The van der Waals surface area contributed by atoms with Crippen LogP contribution in [0.4, 0.5) is 4.39 Å². The van der Waals surface area contributed by atoms with E-state index in [9.17, 15) is 4.39 Å². The lowest BCUT2D eigenvalue weighted by Crippen LogP contribution is -2.44. The first-order valence-electron chi connectivity index (χ1n) is 8.46. The van der Waals surface area contributed by atoms with Crippen molar-refractivity contribution in [1.82, 2.24) is 4.90 Å². The summed E-state index contributed by atoms with van der Waals surface area (Å²) in [6.45, 7) is 2.06. The van der Waals surface area contributed by atoms with Crippen molar-refractivity contribution in [2.75, 3.05) is 13.1 Å². The van der Waals surface area contributed by atoms with Gasteiger partial charge < -0.3 is 5.73 Å². The highest BCUT2D eigenvalue weighted by Gasteiger charge is 2.32. The Morgan fingerprint density at radius 1 is 1.05 bits per heavy atom. The zero-order valence-electron chi connectivity index (χ0n) is 12.8. The maximum Gasteiger partial charge on any atom is 0.123 e. The number of rotatable bonds is 4. The Balaban J connectivity index is 1.49. The molecule has 1 aliphatic heterocycles. The molecule has 1 saturated heterocycles. The van der Waals surface area contributed by atoms with Crippen LogP contribution in [0.15, 0.2) is 24.3 Å². The molecule has 2 fully saturated rings. The first kappa shape index (κ1) is 15.0. The fourth-order valence-electron chi connectivity index (χ4n) is 4.23. The highest BCUT2D eigenvalue weighted by molar-refractivity contribution is 5.16. The molecule has 1 aromatic rings. The van der Waals surface area contributed by atoms with Gasteiger partial charge in [-0.15, -0.1) is 0 Å². The molecule has 0 aromatic heterocycles. The van der Waals surface area contributed by atoms with Gasteiger partial charge in [-0.25, -0.2) is 4.39 Å². The van der Waals surface area contributed by atoms with Crippen LogP contribution in [0.2, 0.25) is 0 Å². The Kier molecular flexibility index (Phi) is 4.91. The molecule has 1 atom stereocenters. The van der Waals surface area contributed by atoms with Crippen molar-refractivity contribution in [2.24, 2.45) is 11.7 Å². The van der Waals surface area contributed by atoms with E-state index in [4.69, 9.17) is 5.73 Å². The van der Waals surface area contributed by atoms with Crippen LogP contribution in [-0.4, -0.2) is 30.1 Å². The van der Waals surface area contributed by atoms with E-state index in [2.05, 4.69) is 4.90 Å². The smallest absolute Gasteiger partial charge is 0.123 e. The zero-order valence-corrected chi connectivity index (χ0v) is 12.8. The Morgan fingerprint density at radius 3 is 2.43 bits per heavy atom. The molecule has 2 nitrogen and oxygen atoms in total. The van der Waals surface area contributed by atoms with Crippen LogP contribution in [0.3, 0.4) is 0 Å². The number of hydrogen-bond acceptors (Lipinski definition) is 2. The third kappa shape index (κ3) is 3.64. The SMILES string of the molecule is NC[C@@H]1CCCN1C1CCC(Cc2ccc(F)cc2)CC1. The van der Waals surface area contributed by atoms with Gasteiger partial charge in [0.25, 0.3) is 0 Å². The van der Waals surface area contributed by atoms with Crippen molar-refractivity contribution in [3.05, 3.63) is 35.6 Å². The Labute approximate surface area is 127 Å². The number of hydrogen-bond donors (Lipinski definition) is 1. The predicted octanol–water partition coefficient (Wildman–Crippen LogP) is 3.35. The van der Waals surface area contributed by atoms with Gasteiger partial charge in [-0.3, -0.25) is 4.90 Å². The van der Waals surface area contributed by atoms with Gasteiger partial charge in [-0.05, 0) is 75.1 Å². The molecule has 0 bridgehead atoms. The molecular weight excluding hydrogens is 263 g/mol. The monoisotopic (exact) mass is 290 g/mol. The van der Waals surface area contributed by atoms with Crippen LogP contribution in [0.25, 0.3) is 0 Å². The summed E-state index contributed by atoms with van der Waals surface area (Å²) in [5.74, 6) is 0.634. The highest BCUT2D eigenvalue weighted by Crippen LogP contribution is 2.33. The molecule has 3 rings (SSSR count). The average molecular weight is 290 g/mol. The minimum Gasteiger partial charge on any atom is -0.329 e. The molecule has 3 heteroatoms. The molecule has 1 saturated carbocycles. The molecule has 0 amide bonds. The third-order valence-corrected chi connectivity index (χ3v) is 5.42. The van der Waals surface area contributed by atoms with E-state index in [-0.39, 0.29) is 5.82 Å². The molecule has 2 N–H and O–H groups in total. The van der Waals surface area contributed by atoms with Gasteiger partial charge in [-0.2, -0.15) is 0 Å². The van der Waals surface area contributed by atoms with E-state index in [1.807, 2.05) is 12.1 Å². The number of nitrogens with two attached hydrogens (primary N) is 1. The lowest BCUT2D eigenvalue weighted by molar-refractivity contribution is 0.126. The van der Waals surface area contributed by atoms with Crippen LogP contribution >= 0.6 is 0 Å². The Morgan fingerprint density at radius 2 is 1.76 bits per heavy atom. The van der Waals surface area contributed by atoms with Crippen molar-refractivity contribution in [3.63, 3.8) is 0 Å². The van der Waals surface area contributed by atoms with E-state index < -0.39 is 0 Å². The summed E-state index contributed by atoms with van der Waals surface area (Å²) in [5, 5.41) is 0. The summed E-state index contributed by atoms with van der Waals surface area (Å²) in [6, 6.07) is 8.42. The van der Waals surface area contributed by atoms with Crippen molar-refractivity contribution >= 4 is 0 Å². The third-order valence-electron chi connectivity index (χ3n) is 5.42. The molecule has 2 aliphatic rings. The summed E-state index contributed by atoms with van der Waals surface area (Å²) in [7, 11) is 0. The predicted molar refractivity (Wildman–Crippen MR) is 84.6 cm³/mol. The normalized spacial score (nSPS) is 30.7. The molecule has 1 aliphatic carbocycles. The fourth-order valence-corrected chi connectivity index (χ4v) is 4.23. The van der Waals surface area contributed by atoms with Gasteiger partial charge in [-0.1, -0.05) is 12.1 Å². The van der Waals surface area contributed by atoms with E-state index >= 15 is 0 Å². The van der Waals surface area contributed by atoms with E-state index in [0.29, 0.717) is 6.04 Å². The van der Waals surface area contributed by atoms with Crippen LogP contribution in [0.1, 0.15) is 44.1 Å². The number of halogens is 1. The van der Waals surface area contributed by atoms with Gasteiger partial charge in [0, 0.05) is 18.6 Å². The molecule has 0 spiro atoms. The fraction of sp³-hybridized carbons (Fsp3) is 0.667. The van der Waals surface area contributed by atoms with Gasteiger partial charge in [0.2, 0.25) is 0 Å². The Hall–Kier alpha value is -0.930. The maximum atomic E-state index is 12.9. The lowest BCUT2D eigenvalue weighted by Gasteiger charge is -2.37. The van der Waals surface area contributed by atoms with Gasteiger partial charge >= 0.3 is 0 Å². The Bertz CT molecular complexity index is 437. The molecule has 116 valence electrons. The van der Waals surface area contributed by atoms with Crippen molar-refractivity contribution < 1.29 is 4.39 Å². The molecule has 1 aromatic carbocycles. The minimum absolute atomic E-state index is 0.135. The van der Waals surface area contributed by atoms with E-state index in [1.54, 1.807) is 12.1 Å². The van der Waals surface area contributed by atoms with Gasteiger partial charge in [0.05, 0.1) is 0 Å². The van der Waals surface area contributed by atoms with E-state index in [1.165, 1.54) is 50.6 Å². The molecule has 0 unspecified atom stereocenters. The van der Waals surface area contributed by atoms with Gasteiger partial charge in [0.15, 0.2) is 0 Å². The quantitative estimate of drug-likeness (QED) is 0.921. The average Bonchev–Trinajstić information content (AvgIpc) is 2.99. The summed E-state index contributed by atoms with van der Waals surface area (Å²) < 4.78 is 12.9. The first-order chi connectivity index (χ1) is 10.3. The number of likely N-dealkylation sites (tertiary alicyclic amines) is 1. The second-order valence-electron chi connectivity index (χ2n) is 6.77. The van der Waals surface area contributed by atoms with Crippen molar-refractivity contribution in [2.45, 2.75) is 57.0 Å². The standard InChI is InChI=1S/C18H27FN2/c19-16-7-3-14(4-8-16)12-15-5-9-17(10-6-15)21-11-1-2-18(21)13-20/h3-4,7-8,15,17-18H,1-2,5-6,9-13,20H2/t15?,17?,18-/m0/s1. The van der Waals surface area contributed by atoms with Crippen LogP contribution in [0.5, 0.6) is 0 Å². The summed E-state index contributed by atoms with van der Waals surface area (Å²) in [5.41, 5.74) is 7.18. The summed E-state index contributed by atoms with van der Waals surface area (Å²) in [6.07, 6.45) is 8.92. The first-order valence-corrected chi connectivity index (χ1v) is 8.46. The van der Waals surface area contributed by atoms with Crippen molar-refractivity contribution in [1.29, 1.82) is 0 Å². The molecule has 0 radical (unpaired) electrons. The second kappa shape index (κ2) is 6.89. The van der Waals surface area contributed by atoms with Crippen LogP contribution < -0.4 is 5.73 Å².